The lowest BCUT2D eigenvalue weighted by Crippen LogP contribution is -2.55. The number of likely N-dealkylation sites (N-methyl/N-ethyl adjacent to an activating group) is 1. The number of ether oxygens (including phenoxy) is 1. The van der Waals surface area contributed by atoms with Crippen LogP contribution in [-0.2, 0) is 33.8 Å². The molecule has 212 valence electrons. The summed E-state index contributed by atoms with van der Waals surface area (Å²) in [5.41, 5.74) is 8.20. The number of carbonyl (C=O) groups excluding carboxylic acids is 3. The van der Waals surface area contributed by atoms with Crippen LogP contribution < -0.4 is 21.1 Å². The molecule has 3 atom stereocenters. The van der Waals surface area contributed by atoms with Gasteiger partial charge in [-0.05, 0) is 54.5 Å². The molecule has 2 bridgehead atoms. The zero-order chi connectivity index (χ0) is 28.4. The Balaban J connectivity index is 1.82. The fraction of sp³-hybridized carbons (Fsp3) is 0.483. The number of nitrogens with two attached hydrogens (primary N) is 1. The highest BCUT2D eigenvalue weighted by Crippen LogP contribution is 2.21. The Kier molecular flexibility index (Phi) is 11.2. The number of amides is 3. The average Bonchev–Trinajstić information content (AvgIpc) is 2.91. The number of rotatable bonds is 8. The van der Waals surface area contributed by atoms with E-state index < -0.39 is 35.8 Å². The number of halogens is 1. The maximum Gasteiger partial charge on any atom is 0.243 e. The minimum Gasteiger partial charge on any atom is -0.491 e. The Morgan fingerprint density at radius 3 is 2.72 bits per heavy atom. The van der Waals surface area contributed by atoms with Crippen LogP contribution in [0.25, 0.3) is 0 Å². The minimum atomic E-state index is -1.14. The summed E-state index contributed by atoms with van der Waals surface area (Å²) in [5, 5.41) is 17.1. The van der Waals surface area contributed by atoms with Crippen molar-refractivity contribution in [3.63, 3.8) is 0 Å². The molecular weight excluding hydrogens is 503 g/mol. The first-order chi connectivity index (χ1) is 18.7. The molecule has 10 heteroatoms. The van der Waals surface area contributed by atoms with Crippen molar-refractivity contribution in [3.05, 3.63) is 65.0 Å². The first kappa shape index (κ1) is 30.0. The lowest BCUT2D eigenvalue weighted by molar-refractivity contribution is -0.141. The zero-order valence-electron chi connectivity index (χ0n) is 22.6. The maximum absolute atomic E-state index is 14.7. The van der Waals surface area contributed by atoms with Crippen molar-refractivity contribution in [2.24, 2.45) is 5.73 Å². The van der Waals surface area contributed by atoms with Crippen molar-refractivity contribution in [1.29, 1.82) is 0 Å². The second-order valence-electron chi connectivity index (χ2n) is 9.95. The van der Waals surface area contributed by atoms with Crippen LogP contribution in [0.1, 0.15) is 49.3 Å². The van der Waals surface area contributed by atoms with Crippen molar-refractivity contribution < 1.29 is 28.6 Å². The molecule has 2 heterocycles. The van der Waals surface area contributed by atoms with E-state index in [2.05, 4.69) is 23.6 Å². The molecule has 2 aromatic rings. The van der Waals surface area contributed by atoms with Gasteiger partial charge in [0, 0.05) is 26.6 Å². The van der Waals surface area contributed by atoms with Crippen molar-refractivity contribution in [2.75, 3.05) is 20.2 Å². The molecule has 3 amide bonds. The summed E-state index contributed by atoms with van der Waals surface area (Å²) in [6.45, 7) is 2.95. The van der Waals surface area contributed by atoms with Gasteiger partial charge in [0.2, 0.25) is 17.7 Å². The van der Waals surface area contributed by atoms with Gasteiger partial charge in [0.05, 0.1) is 25.2 Å². The lowest BCUT2D eigenvalue weighted by Gasteiger charge is -2.31. The number of hydrogen-bond acceptors (Lipinski definition) is 6. The summed E-state index contributed by atoms with van der Waals surface area (Å²) in [7, 11) is 1.46. The molecule has 0 unspecified atom stereocenters. The van der Waals surface area contributed by atoms with Crippen LogP contribution in [-0.4, -0.2) is 66.1 Å². The third kappa shape index (κ3) is 9.04. The molecule has 4 rings (SSSR count). The normalized spacial score (nSPS) is 19.8. The molecule has 5 N–H and O–H groups in total. The molecular formula is C29H39FN4O5. The highest BCUT2D eigenvalue weighted by Gasteiger charge is 2.32. The number of aliphatic hydroxyl groups is 1. The van der Waals surface area contributed by atoms with E-state index in [-0.39, 0.29) is 44.1 Å². The topological polar surface area (TPSA) is 134 Å². The second-order valence-corrected chi connectivity index (χ2v) is 9.95. The number of aryl methyl sites for hydroxylation is 1. The summed E-state index contributed by atoms with van der Waals surface area (Å²) in [6.07, 6.45) is 0.691. The van der Waals surface area contributed by atoms with E-state index in [9.17, 15) is 23.9 Å². The van der Waals surface area contributed by atoms with Crippen molar-refractivity contribution >= 4 is 17.7 Å². The van der Waals surface area contributed by atoms with Gasteiger partial charge in [0.15, 0.2) is 11.6 Å². The highest BCUT2D eigenvalue weighted by atomic mass is 19.1. The zero-order valence-corrected chi connectivity index (χ0v) is 22.6. The fourth-order valence-corrected chi connectivity index (χ4v) is 4.58. The molecule has 39 heavy (non-hydrogen) atoms. The summed E-state index contributed by atoms with van der Waals surface area (Å²) in [6, 6.07) is 10.7. The molecule has 0 aromatic heterocycles. The fourth-order valence-electron chi connectivity index (χ4n) is 4.58. The van der Waals surface area contributed by atoms with E-state index in [0.29, 0.717) is 24.9 Å². The number of nitrogens with zero attached hydrogens (tertiary/aromatic N) is 1. The molecule has 2 aromatic carbocycles. The van der Waals surface area contributed by atoms with Crippen molar-refractivity contribution in [3.8, 4) is 5.75 Å². The quantitative estimate of drug-likeness (QED) is 0.402. The van der Waals surface area contributed by atoms with Gasteiger partial charge in [-0.15, -0.1) is 0 Å². The molecule has 0 fully saturated rings. The summed E-state index contributed by atoms with van der Waals surface area (Å²) < 4.78 is 20.3. The van der Waals surface area contributed by atoms with Gasteiger partial charge in [0.25, 0.3) is 0 Å². The third-order valence-electron chi connectivity index (χ3n) is 6.93. The Morgan fingerprint density at radius 1 is 1.23 bits per heavy atom. The van der Waals surface area contributed by atoms with E-state index in [1.165, 1.54) is 29.6 Å². The number of aliphatic hydroxyl groups excluding tert-OH is 1. The summed E-state index contributed by atoms with van der Waals surface area (Å²) in [4.78, 5) is 39.1. The van der Waals surface area contributed by atoms with Crippen LogP contribution in [0.2, 0.25) is 0 Å². The van der Waals surface area contributed by atoms with E-state index >= 15 is 0 Å². The van der Waals surface area contributed by atoms with Gasteiger partial charge < -0.3 is 31.1 Å². The van der Waals surface area contributed by atoms with Gasteiger partial charge in [-0.1, -0.05) is 37.3 Å². The van der Waals surface area contributed by atoms with Crippen LogP contribution in [0.3, 0.4) is 0 Å². The van der Waals surface area contributed by atoms with Gasteiger partial charge in [-0.2, -0.15) is 0 Å². The molecule has 0 saturated carbocycles. The number of hydrogen-bond donors (Lipinski definition) is 4. The molecule has 2 aliphatic heterocycles. The van der Waals surface area contributed by atoms with E-state index in [1.54, 1.807) is 6.07 Å². The van der Waals surface area contributed by atoms with Crippen LogP contribution in [0, 0.1) is 5.82 Å². The van der Waals surface area contributed by atoms with E-state index in [4.69, 9.17) is 10.5 Å². The SMILES string of the molecule is CCc1cccc(CNC[C@@H](O)[C@@H]2Cc3ccc(c(F)c3)OCCCCC(=O)N(C)[C@@H](CC(N)=O)C(=O)N2)c1. The number of nitrogens with one attached hydrogen (secondary N) is 2. The summed E-state index contributed by atoms with van der Waals surface area (Å²) in [5.74, 6) is -2.12. The van der Waals surface area contributed by atoms with Crippen LogP contribution in [0.4, 0.5) is 4.39 Å². The lowest BCUT2D eigenvalue weighted by atomic mass is 9.99. The van der Waals surface area contributed by atoms with Crippen LogP contribution in [0.5, 0.6) is 5.75 Å². The van der Waals surface area contributed by atoms with Gasteiger partial charge in [0.1, 0.15) is 6.04 Å². The van der Waals surface area contributed by atoms with E-state index in [1.807, 2.05) is 18.2 Å². The maximum atomic E-state index is 14.7. The second kappa shape index (κ2) is 14.6. The van der Waals surface area contributed by atoms with Gasteiger partial charge in [-0.3, -0.25) is 14.4 Å². The Labute approximate surface area is 228 Å². The largest absolute Gasteiger partial charge is 0.491 e. The average molecular weight is 543 g/mol. The predicted molar refractivity (Wildman–Crippen MR) is 145 cm³/mol. The Bertz CT molecular complexity index is 1140. The first-order valence-corrected chi connectivity index (χ1v) is 13.4. The number of benzene rings is 2. The highest BCUT2D eigenvalue weighted by molar-refractivity contribution is 5.91. The molecule has 0 aliphatic carbocycles. The number of fused-ring (bicyclic) bond motifs is 13. The Hall–Kier alpha value is -3.50. The molecule has 0 radical (unpaired) electrons. The smallest absolute Gasteiger partial charge is 0.243 e. The molecule has 2 aliphatic rings. The van der Waals surface area contributed by atoms with Crippen molar-refractivity contribution in [2.45, 2.75) is 70.2 Å². The van der Waals surface area contributed by atoms with Crippen LogP contribution in [0.15, 0.2) is 42.5 Å². The van der Waals surface area contributed by atoms with Crippen LogP contribution >= 0.6 is 0 Å². The minimum absolute atomic E-state index is 0.105. The molecule has 0 saturated heterocycles. The number of primary amides is 1. The summed E-state index contributed by atoms with van der Waals surface area (Å²) >= 11 is 0. The van der Waals surface area contributed by atoms with E-state index in [0.717, 1.165) is 12.0 Å². The third-order valence-corrected chi connectivity index (χ3v) is 6.93. The first-order valence-electron chi connectivity index (χ1n) is 13.4. The monoisotopic (exact) mass is 542 g/mol. The molecule has 0 spiro atoms. The van der Waals surface area contributed by atoms with Gasteiger partial charge in [-0.25, -0.2) is 4.39 Å². The predicted octanol–water partition coefficient (Wildman–Crippen LogP) is 1.83. The van der Waals surface area contributed by atoms with Crippen molar-refractivity contribution in [1.82, 2.24) is 15.5 Å². The molecule has 9 nitrogen and oxygen atoms in total. The van der Waals surface area contributed by atoms with Gasteiger partial charge >= 0.3 is 0 Å². The standard InChI is InChI=1S/C29H39FN4O5/c1-3-19-7-6-8-21(13-19)17-32-18-25(35)23-15-20-10-11-26(22(30)14-20)39-12-5-4-9-28(37)34(2)24(16-27(31)36)29(38)33-23/h6-8,10-11,13-14,23-25,32,35H,3-5,9,12,15-18H2,1-2H3,(H2,31,36)(H,33,38)/t23-,24-,25+/m0/s1. The Morgan fingerprint density at radius 2 is 2.00 bits per heavy atom. The number of carbonyl (C=O) groups is 3.